The molecule has 3 atom stereocenters. The lowest BCUT2D eigenvalue weighted by Gasteiger charge is -2.42. The first kappa shape index (κ1) is 12.3. The normalized spacial score (nSPS) is 40.1. The van der Waals surface area contributed by atoms with Gasteiger partial charge in [0.25, 0.3) is 0 Å². The van der Waals surface area contributed by atoms with E-state index in [-0.39, 0.29) is 17.6 Å². The third-order valence-electron chi connectivity index (χ3n) is 4.38. The molecule has 0 aromatic carbocycles. The third-order valence-corrected chi connectivity index (χ3v) is 4.38. The molecule has 3 nitrogen and oxygen atoms in total. The van der Waals surface area contributed by atoms with Crippen LogP contribution in [0.15, 0.2) is 0 Å². The summed E-state index contributed by atoms with van der Waals surface area (Å²) < 4.78 is 0. The van der Waals surface area contributed by atoms with Crippen molar-refractivity contribution in [2.75, 3.05) is 19.6 Å². The molecule has 1 aliphatic heterocycles. The molecule has 1 saturated heterocycles. The summed E-state index contributed by atoms with van der Waals surface area (Å²) in [6, 6.07) is 0. The van der Waals surface area contributed by atoms with E-state index in [2.05, 4.69) is 18.7 Å². The third kappa shape index (κ3) is 2.58. The van der Waals surface area contributed by atoms with Crippen LogP contribution in [0.5, 0.6) is 0 Å². The first-order chi connectivity index (χ1) is 7.49. The number of hydrogen-bond donors (Lipinski definition) is 2. The summed E-state index contributed by atoms with van der Waals surface area (Å²) in [6.45, 7) is 7.08. The van der Waals surface area contributed by atoms with Crippen LogP contribution in [0.4, 0.5) is 0 Å². The molecule has 1 heterocycles. The Balaban J connectivity index is 1.89. The van der Waals surface area contributed by atoms with Crippen molar-refractivity contribution in [2.24, 2.45) is 11.3 Å². The van der Waals surface area contributed by atoms with Gasteiger partial charge < -0.3 is 15.1 Å². The fourth-order valence-electron chi connectivity index (χ4n) is 3.26. The maximum Gasteiger partial charge on any atom is 0.0679 e. The highest BCUT2D eigenvalue weighted by Gasteiger charge is 2.38. The van der Waals surface area contributed by atoms with E-state index in [4.69, 9.17) is 0 Å². The minimum atomic E-state index is -0.181. The Morgan fingerprint density at radius 1 is 1.25 bits per heavy atom. The Morgan fingerprint density at radius 2 is 2.00 bits per heavy atom. The van der Waals surface area contributed by atoms with Crippen LogP contribution in [0.1, 0.15) is 39.5 Å². The van der Waals surface area contributed by atoms with Crippen molar-refractivity contribution in [2.45, 2.75) is 51.7 Å². The molecule has 0 radical (unpaired) electrons. The Bertz CT molecular complexity index is 242. The zero-order valence-electron chi connectivity index (χ0n) is 10.5. The summed E-state index contributed by atoms with van der Waals surface area (Å²) in [4.78, 5) is 2.31. The van der Waals surface area contributed by atoms with Crippen LogP contribution >= 0.6 is 0 Å². The van der Waals surface area contributed by atoms with Crippen LogP contribution < -0.4 is 0 Å². The monoisotopic (exact) mass is 227 g/mol. The summed E-state index contributed by atoms with van der Waals surface area (Å²) >= 11 is 0. The van der Waals surface area contributed by atoms with Gasteiger partial charge in [0, 0.05) is 19.6 Å². The van der Waals surface area contributed by atoms with Crippen LogP contribution in [0.25, 0.3) is 0 Å². The fourth-order valence-corrected chi connectivity index (χ4v) is 3.26. The zero-order valence-corrected chi connectivity index (χ0v) is 10.5. The fraction of sp³-hybridized carbons (Fsp3) is 1.00. The molecule has 16 heavy (non-hydrogen) atoms. The van der Waals surface area contributed by atoms with Gasteiger partial charge in [0.2, 0.25) is 0 Å². The van der Waals surface area contributed by atoms with Crippen molar-refractivity contribution >= 4 is 0 Å². The van der Waals surface area contributed by atoms with E-state index in [1.54, 1.807) is 0 Å². The van der Waals surface area contributed by atoms with Crippen LogP contribution in [0.2, 0.25) is 0 Å². The summed E-state index contributed by atoms with van der Waals surface area (Å²) in [5.74, 6) is 0.397. The van der Waals surface area contributed by atoms with Gasteiger partial charge in [-0.1, -0.05) is 20.3 Å². The molecule has 94 valence electrons. The summed E-state index contributed by atoms with van der Waals surface area (Å²) in [5, 5.41) is 19.8. The predicted octanol–water partition coefficient (Wildman–Crippen LogP) is 1.24. The van der Waals surface area contributed by atoms with E-state index in [1.807, 2.05) is 0 Å². The lowest BCUT2D eigenvalue weighted by atomic mass is 9.69. The van der Waals surface area contributed by atoms with Crippen molar-refractivity contribution in [3.05, 3.63) is 0 Å². The molecule has 0 aromatic heterocycles. The first-order valence-electron chi connectivity index (χ1n) is 6.57. The van der Waals surface area contributed by atoms with E-state index in [0.29, 0.717) is 5.92 Å². The molecule has 2 fully saturated rings. The van der Waals surface area contributed by atoms with Gasteiger partial charge in [0.1, 0.15) is 0 Å². The Hall–Kier alpha value is -0.120. The van der Waals surface area contributed by atoms with Crippen LogP contribution in [-0.2, 0) is 0 Å². The van der Waals surface area contributed by atoms with Crippen molar-refractivity contribution in [1.29, 1.82) is 0 Å². The molecule has 2 rings (SSSR count). The first-order valence-corrected chi connectivity index (χ1v) is 6.57. The van der Waals surface area contributed by atoms with Gasteiger partial charge in [-0.2, -0.15) is 0 Å². The van der Waals surface area contributed by atoms with Gasteiger partial charge in [-0.3, -0.25) is 0 Å². The maximum atomic E-state index is 10.3. The number of aliphatic hydroxyl groups excluding tert-OH is 2. The summed E-state index contributed by atoms with van der Waals surface area (Å²) in [5.41, 5.74) is 0.0707. The molecule has 0 amide bonds. The highest BCUT2D eigenvalue weighted by Crippen LogP contribution is 2.39. The predicted molar refractivity (Wildman–Crippen MR) is 64.2 cm³/mol. The number of rotatable bonds is 2. The Labute approximate surface area is 98.5 Å². The average molecular weight is 227 g/mol. The van der Waals surface area contributed by atoms with Gasteiger partial charge in [0.15, 0.2) is 0 Å². The molecule has 3 heteroatoms. The molecule has 1 aliphatic carbocycles. The SMILES string of the molecule is CC1(C)CCCC(CN2CCC(O)C2)C1O. The van der Waals surface area contributed by atoms with Gasteiger partial charge in [-0.05, 0) is 30.6 Å². The molecule has 0 spiro atoms. The number of β-amino-alcohol motifs (C(OH)–C–C–N with tert-alkyl or cyclic N) is 1. The van der Waals surface area contributed by atoms with Crippen molar-refractivity contribution in [3.8, 4) is 0 Å². The number of likely N-dealkylation sites (tertiary alicyclic amines) is 1. The van der Waals surface area contributed by atoms with Gasteiger partial charge in [-0.15, -0.1) is 0 Å². The summed E-state index contributed by atoms with van der Waals surface area (Å²) in [7, 11) is 0. The average Bonchev–Trinajstić information content (AvgIpc) is 2.59. The molecule has 2 N–H and O–H groups in total. The maximum absolute atomic E-state index is 10.3. The Kier molecular flexibility index (Phi) is 3.57. The molecular weight excluding hydrogens is 202 g/mol. The minimum Gasteiger partial charge on any atom is -0.392 e. The largest absolute Gasteiger partial charge is 0.392 e. The molecular formula is C13H25NO2. The summed E-state index contributed by atoms with van der Waals surface area (Å²) in [6.07, 6.45) is 4.06. The second-order valence-corrected chi connectivity index (χ2v) is 6.29. The topological polar surface area (TPSA) is 43.7 Å². The lowest BCUT2D eigenvalue weighted by Crippen LogP contribution is -2.44. The lowest BCUT2D eigenvalue weighted by molar-refractivity contribution is -0.0418. The quantitative estimate of drug-likeness (QED) is 0.746. The number of hydrogen-bond acceptors (Lipinski definition) is 3. The molecule has 0 bridgehead atoms. The molecule has 3 unspecified atom stereocenters. The van der Waals surface area contributed by atoms with E-state index in [1.165, 1.54) is 6.42 Å². The van der Waals surface area contributed by atoms with Crippen molar-refractivity contribution < 1.29 is 10.2 Å². The van der Waals surface area contributed by atoms with E-state index in [9.17, 15) is 10.2 Å². The van der Waals surface area contributed by atoms with Crippen LogP contribution in [0.3, 0.4) is 0 Å². The van der Waals surface area contributed by atoms with E-state index in [0.717, 1.165) is 38.9 Å². The van der Waals surface area contributed by atoms with Crippen LogP contribution in [0, 0.1) is 11.3 Å². The van der Waals surface area contributed by atoms with Gasteiger partial charge in [-0.25, -0.2) is 0 Å². The zero-order chi connectivity index (χ0) is 11.8. The second kappa shape index (κ2) is 4.63. The highest BCUT2D eigenvalue weighted by molar-refractivity contribution is 4.90. The molecule has 2 aliphatic rings. The highest BCUT2D eigenvalue weighted by atomic mass is 16.3. The number of aliphatic hydroxyl groups is 2. The van der Waals surface area contributed by atoms with Crippen molar-refractivity contribution in [3.63, 3.8) is 0 Å². The van der Waals surface area contributed by atoms with Gasteiger partial charge >= 0.3 is 0 Å². The van der Waals surface area contributed by atoms with E-state index < -0.39 is 0 Å². The molecule has 0 aromatic rings. The standard InChI is InChI=1S/C13H25NO2/c1-13(2)6-3-4-10(12(13)16)8-14-7-5-11(15)9-14/h10-12,15-16H,3-9H2,1-2H3. The van der Waals surface area contributed by atoms with E-state index >= 15 is 0 Å². The van der Waals surface area contributed by atoms with Gasteiger partial charge in [0.05, 0.1) is 12.2 Å². The smallest absolute Gasteiger partial charge is 0.0679 e. The number of nitrogens with zero attached hydrogens (tertiary/aromatic N) is 1. The van der Waals surface area contributed by atoms with Crippen molar-refractivity contribution in [1.82, 2.24) is 4.90 Å². The minimum absolute atomic E-state index is 0.0707. The second-order valence-electron chi connectivity index (χ2n) is 6.29. The Morgan fingerprint density at radius 3 is 2.62 bits per heavy atom. The van der Waals surface area contributed by atoms with Crippen LogP contribution in [-0.4, -0.2) is 47.0 Å². The molecule has 1 saturated carbocycles.